The van der Waals surface area contributed by atoms with Crippen LogP contribution < -0.4 is 15.9 Å². The fraction of sp³-hybridized carbons (Fsp3) is 0.133. The lowest BCUT2D eigenvalue weighted by Crippen LogP contribution is -2.18. The van der Waals surface area contributed by atoms with Crippen molar-refractivity contribution in [2.24, 2.45) is 0 Å². The molecular formula is C15H16N6O. The quantitative estimate of drug-likeness (QED) is 0.717. The van der Waals surface area contributed by atoms with Crippen molar-refractivity contribution < 1.29 is 4.74 Å². The summed E-state index contributed by atoms with van der Waals surface area (Å²) in [5.74, 6) is 1.02. The van der Waals surface area contributed by atoms with Crippen molar-refractivity contribution >= 4 is 5.95 Å². The van der Waals surface area contributed by atoms with Crippen LogP contribution in [0.4, 0.5) is 5.95 Å². The van der Waals surface area contributed by atoms with Gasteiger partial charge in [0.15, 0.2) is 0 Å². The molecule has 0 radical (unpaired) electrons. The third kappa shape index (κ3) is 3.32. The molecule has 0 unspecified atom stereocenters. The summed E-state index contributed by atoms with van der Waals surface area (Å²) in [5, 5.41) is 10.8. The van der Waals surface area contributed by atoms with Gasteiger partial charge < -0.3 is 15.9 Å². The number of tetrazole rings is 1. The number of nitrogens with two attached hydrogens (primary N) is 1. The number of anilines is 1. The van der Waals surface area contributed by atoms with Crippen molar-refractivity contribution in [1.82, 2.24) is 20.3 Å². The van der Waals surface area contributed by atoms with Crippen LogP contribution in [0.15, 0.2) is 54.6 Å². The van der Waals surface area contributed by atoms with Gasteiger partial charge in [-0.25, -0.2) is 0 Å². The standard InChI is InChI=1S/C15H16N6O/c16-15-18-19-20-21(15)17-10-13-8-4-5-9-14(13)22-11-12-6-2-1-3-7-12/h1-9,17H,10-11H2,(H2,16,18,20). The molecule has 0 amide bonds. The van der Waals surface area contributed by atoms with Gasteiger partial charge in [0.1, 0.15) is 12.4 Å². The van der Waals surface area contributed by atoms with E-state index >= 15 is 0 Å². The van der Waals surface area contributed by atoms with Gasteiger partial charge in [0.2, 0.25) is 0 Å². The molecule has 3 aromatic rings. The Morgan fingerprint density at radius 3 is 2.59 bits per heavy atom. The molecule has 1 heterocycles. The molecule has 0 saturated heterocycles. The van der Waals surface area contributed by atoms with Crippen LogP contribution in [0.25, 0.3) is 0 Å². The number of nitrogens with zero attached hydrogens (tertiary/aromatic N) is 4. The summed E-state index contributed by atoms with van der Waals surface area (Å²) in [6.07, 6.45) is 0. The highest BCUT2D eigenvalue weighted by Gasteiger charge is 2.05. The average Bonchev–Trinajstić information content (AvgIpc) is 2.98. The Kier molecular flexibility index (Phi) is 4.15. The number of para-hydroxylation sites is 1. The van der Waals surface area contributed by atoms with E-state index in [9.17, 15) is 0 Å². The van der Waals surface area contributed by atoms with Gasteiger partial charge in [0.05, 0.1) is 6.54 Å². The number of ether oxygens (including phenoxy) is 1. The Morgan fingerprint density at radius 2 is 1.82 bits per heavy atom. The zero-order chi connectivity index (χ0) is 15.2. The molecule has 0 aliphatic rings. The largest absolute Gasteiger partial charge is 0.489 e. The normalized spacial score (nSPS) is 10.4. The summed E-state index contributed by atoms with van der Waals surface area (Å²) in [5.41, 5.74) is 10.7. The first-order valence-electron chi connectivity index (χ1n) is 6.85. The van der Waals surface area contributed by atoms with E-state index in [1.165, 1.54) is 4.79 Å². The van der Waals surface area contributed by atoms with Crippen LogP contribution in [0.2, 0.25) is 0 Å². The number of nitrogen functional groups attached to an aromatic ring is 1. The maximum atomic E-state index is 5.89. The molecule has 0 atom stereocenters. The lowest BCUT2D eigenvalue weighted by Gasteiger charge is -2.12. The summed E-state index contributed by atoms with van der Waals surface area (Å²) in [6.45, 7) is 1.02. The molecule has 0 saturated carbocycles. The van der Waals surface area contributed by atoms with Crippen LogP contribution in [0.5, 0.6) is 5.75 Å². The Bertz CT molecular complexity index is 728. The smallest absolute Gasteiger partial charge is 0.260 e. The first-order chi connectivity index (χ1) is 10.8. The predicted molar refractivity (Wildman–Crippen MR) is 82.5 cm³/mol. The number of aromatic nitrogens is 4. The molecule has 7 heteroatoms. The molecule has 2 aromatic carbocycles. The molecule has 0 aliphatic heterocycles. The summed E-state index contributed by atoms with van der Waals surface area (Å²) in [4.78, 5) is 1.33. The molecule has 22 heavy (non-hydrogen) atoms. The number of hydrogen-bond donors (Lipinski definition) is 2. The number of benzene rings is 2. The van der Waals surface area contributed by atoms with Gasteiger partial charge in [-0.1, -0.05) is 53.6 Å². The molecule has 3 N–H and O–H groups in total. The van der Waals surface area contributed by atoms with Gasteiger partial charge >= 0.3 is 0 Å². The first kappa shape index (κ1) is 13.9. The monoisotopic (exact) mass is 296 g/mol. The van der Waals surface area contributed by atoms with Gasteiger partial charge in [-0.3, -0.25) is 0 Å². The van der Waals surface area contributed by atoms with E-state index in [4.69, 9.17) is 10.5 Å². The van der Waals surface area contributed by atoms with Gasteiger partial charge in [-0.05, 0) is 22.1 Å². The molecular weight excluding hydrogens is 280 g/mol. The second kappa shape index (κ2) is 6.57. The summed E-state index contributed by atoms with van der Waals surface area (Å²) in [6, 6.07) is 17.8. The fourth-order valence-electron chi connectivity index (χ4n) is 1.99. The maximum Gasteiger partial charge on any atom is 0.260 e. The topological polar surface area (TPSA) is 90.9 Å². The zero-order valence-corrected chi connectivity index (χ0v) is 11.9. The maximum absolute atomic E-state index is 5.89. The molecule has 0 aliphatic carbocycles. The molecule has 1 aromatic heterocycles. The van der Waals surface area contributed by atoms with E-state index in [1.807, 2.05) is 54.6 Å². The molecule has 3 rings (SSSR count). The van der Waals surface area contributed by atoms with E-state index in [0.29, 0.717) is 13.2 Å². The van der Waals surface area contributed by atoms with Crippen molar-refractivity contribution in [1.29, 1.82) is 0 Å². The number of rotatable bonds is 6. The lowest BCUT2D eigenvalue weighted by molar-refractivity contribution is 0.303. The van der Waals surface area contributed by atoms with Crippen molar-refractivity contribution in [3.8, 4) is 5.75 Å². The second-order valence-electron chi connectivity index (χ2n) is 4.67. The highest BCUT2D eigenvalue weighted by atomic mass is 16.5. The second-order valence-corrected chi connectivity index (χ2v) is 4.67. The van der Waals surface area contributed by atoms with Crippen LogP contribution in [0.3, 0.4) is 0 Å². The molecule has 7 nitrogen and oxygen atoms in total. The number of nitrogens with one attached hydrogen (secondary N) is 1. The molecule has 0 spiro atoms. The summed E-state index contributed by atoms with van der Waals surface area (Å²) >= 11 is 0. The van der Waals surface area contributed by atoms with Crippen LogP contribution in [0.1, 0.15) is 11.1 Å². The first-order valence-corrected chi connectivity index (χ1v) is 6.85. The van der Waals surface area contributed by atoms with Crippen LogP contribution in [-0.4, -0.2) is 20.3 Å². The van der Waals surface area contributed by atoms with E-state index in [0.717, 1.165) is 16.9 Å². The highest BCUT2D eigenvalue weighted by Crippen LogP contribution is 2.19. The minimum absolute atomic E-state index is 0.211. The van der Waals surface area contributed by atoms with Crippen LogP contribution in [0, 0.1) is 0 Å². The fourth-order valence-corrected chi connectivity index (χ4v) is 1.99. The van der Waals surface area contributed by atoms with Gasteiger partial charge in [0, 0.05) is 5.56 Å². The SMILES string of the molecule is Nc1nnnn1NCc1ccccc1OCc1ccccc1. The van der Waals surface area contributed by atoms with Crippen molar-refractivity contribution in [2.45, 2.75) is 13.2 Å². The lowest BCUT2D eigenvalue weighted by atomic mass is 10.2. The average molecular weight is 296 g/mol. The van der Waals surface area contributed by atoms with Gasteiger partial charge in [-0.2, -0.15) is 0 Å². The van der Waals surface area contributed by atoms with E-state index in [-0.39, 0.29) is 5.95 Å². The zero-order valence-electron chi connectivity index (χ0n) is 11.9. The van der Waals surface area contributed by atoms with Crippen LogP contribution in [-0.2, 0) is 13.2 Å². The van der Waals surface area contributed by atoms with E-state index < -0.39 is 0 Å². The van der Waals surface area contributed by atoms with Crippen LogP contribution >= 0.6 is 0 Å². The Hall–Kier alpha value is -3.09. The highest BCUT2D eigenvalue weighted by molar-refractivity contribution is 5.34. The summed E-state index contributed by atoms with van der Waals surface area (Å²) < 4.78 is 5.89. The van der Waals surface area contributed by atoms with E-state index in [2.05, 4.69) is 21.0 Å². The minimum atomic E-state index is 0.211. The predicted octanol–water partition coefficient (Wildman–Crippen LogP) is 1.58. The minimum Gasteiger partial charge on any atom is -0.489 e. The van der Waals surface area contributed by atoms with Crippen molar-refractivity contribution in [3.05, 3.63) is 65.7 Å². The molecule has 0 fully saturated rings. The van der Waals surface area contributed by atoms with Gasteiger partial charge in [0.25, 0.3) is 5.95 Å². The Labute approximate surface area is 127 Å². The third-order valence-corrected chi connectivity index (χ3v) is 3.12. The molecule has 112 valence electrons. The van der Waals surface area contributed by atoms with Crippen molar-refractivity contribution in [2.75, 3.05) is 11.2 Å². The Morgan fingerprint density at radius 1 is 1.05 bits per heavy atom. The number of hydrogen-bond acceptors (Lipinski definition) is 6. The molecule has 0 bridgehead atoms. The van der Waals surface area contributed by atoms with Gasteiger partial charge in [-0.15, -0.1) is 4.79 Å². The van der Waals surface area contributed by atoms with E-state index in [1.54, 1.807) is 0 Å². The third-order valence-electron chi connectivity index (χ3n) is 3.12. The van der Waals surface area contributed by atoms with Crippen molar-refractivity contribution in [3.63, 3.8) is 0 Å². The Balaban J connectivity index is 1.66. The summed E-state index contributed by atoms with van der Waals surface area (Å²) in [7, 11) is 0.